The molecule has 0 amide bonds. The third-order valence-electron chi connectivity index (χ3n) is 5.96. The van der Waals surface area contributed by atoms with E-state index in [1.807, 2.05) is 3.28 Å². The Balaban J connectivity index is 1.74. The molecule has 0 nitrogen and oxygen atoms in total. The minimum atomic E-state index is -1.66. The molecule has 2 aliphatic rings. The van der Waals surface area contributed by atoms with E-state index in [0.29, 0.717) is 0 Å². The molecule has 28 heavy (non-hydrogen) atoms. The molecular formula is C25H30Si2Zr. The molecule has 2 aromatic rings. The molecule has 0 N–H and O–H groups in total. The summed E-state index contributed by atoms with van der Waals surface area (Å²) in [7, 11) is -1.25. The molecule has 3 heteroatoms. The van der Waals surface area contributed by atoms with Crippen LogP contribution in [0.25, 0.3) is 17.2 Å². The zero-order valence-corrected chi connectivity index (χ0v) is 22.2. The molecule has 0 bridgehead atoms. The van der Waals surface area contributed by atoms with Gasteiger partial charge in [0.05, 0.1) is 0 Å². The first-order valence-corrected chi connectivity index (χ1v) is 22.7. The number of hydrogen-bond acceptors (Lipinski definition) is 0. The van der Waals surface area contributed by atoms with Crippen molar-refractivity contribution in [1.29, 1.82) is 0 Å². The van der Waals surface area contributed by atoms with Gasteiger partial charge in [0.15, 0.2) is 0 Å². The molecule has 0 heterocycles. The molecule has 4 rings (SSSR count). The molecule has 2 aromatic carbocycles. The number of hydrogen-bond donors (Lipinski definition) is 0. The molecule has 142 valence electrons. The Morgan fingerprint density at radius 2 is 1.75 bits per heavy atom. The molecule has 0 saturated carbocycles. The maximum atomic E-state index is 2.57. The molecule has 0 fully saturated rings. The van der Waals surface area contributed by atoms with E-state index in [1.165, 1.54) is 28.3 Å². The van der Waals surface area contributed by atoms with E-state index in [9.17, 15) is 0 Å². The summed E-state index contributed by atoms with van der Waals surface area (Å²) in [5.74, 6) is 0. The number of benzene rings is 2. The van der Waals surface area contributed by atoms with Crippen LogP contribution in [0.4, 0.5) is 0 Å². The topological polar surface area (TPSA) is 0 Å². The predicted octanol–water partition coefficient (Wildman–Crippen LogP) is 6.68. The van der Waals surface area contributed by atoms with Gasteiger partial charge in [-0.25, -0.2) is 0 Å². The van der Waals surface area contributed by atoms with Gasteiger partial charge in [-0.3, -0.25) is 0 Å². The summed E-state index contributed by atoms with van der Waals surface area (Å²) in [5, 5.41) is 1.54. The van der Waals surface area contributed by atoms with Gasteiger partial charge in [-0.15, -0.1) is 0 Å². The molecule has 0 spiro atoms. The first-order chi connectivity index (χ1) is 13.4. The summed E-state index contributed by atoms with van der Waals surface area (Å²) in [6.45, 7) is 12.4. The molecule has 0 saturated heterocycles. The van der Waals surface area contributed by atoms with Crippen molar-refractivity contribution in [1.82, 2.24) is 0 Å². The van der Waals surface area contributed by atoms with Crippen molar-refractivity contribution in [3.05, 3.63) is 81.2 Å². The van der Waals surface area contributed by atoms with E-state index in [2.05, 4.69) is 106 Å². The van der Waals surface area contributed by atoms with Crippen LogP contribution in [-0.2, 0) is 20.4 Å². The molecular weight excluding hydrogens is 448 g/mol. The fraction of sp³-hybridized carbons (Fsp3) is 0.280. The predicted molar refractivity (Wildman–Crippen MR) is 126 cm³/mol. The van der Waals surface area contributed by atoms with Gasteiger partial charge in [-0.1, -0.05) is 0 Å². The summed E-state index contributed by atoms with van der Waals surface area (Å²) in [5.41, 5.74) is 5.65. The van der Waals surface area contributed by atoms with Crippen molar-refractivity contribution in [2.75, 3.05) is 0 Å². The summed E-state index contributed by atoms with van der Waals surface area (Å²) < 4.78 is 2.56. The van der Waals surface area contributed by atoms with Crippen molar-refractivity contribution in [3.8, 4) is 11.1 Å². The normalized spacial score (nSPS) is 17.6. The Kier molecular flexibility index (Phi) is 5.80. The van der Waals surface area contributed by atoms with E-state index in [-0.39, 0.29) is 5.43 Å². The monoisotopic (exact) mass is 476 g/mol. The first kappa shape index (κ1) is 20.3. The number of fused-ring (bicyclic) bond motifs is 1. The Bertz CT molecular complexity index is 1030. The van der Waals surface area contributed by atoms with Crippen molar-refractivity contribution >= 4 is 24.8 Å². The minimum absolute atomic E-state index is 0.237. The fourth-order valence-electron chi connectivity index (χ4n) is 4.47. The average Bonchev–Trinajstić information content (AvgIpc) is 3.32. The standard InChI is InChI=1S/C18H19Si.C5H5.C2H6Si.Zr/c1-19(2,3)16-12-10-15(11-13-16)18-9-5-7-14-6-4-8-17(14)18;1-2-4-5-3-1;1-3-2;/h4-13H,1-3H3;1-3H,4H2;1-2H3;. The van der Waals surface area contributed by atoms with Crippen LogP contribution in [0.15, 0.2) is 70.0 Å². The van der Waals surface area contributed by atoms with Crippen LogP contribution in [0.1, 0.15) is 21.2 Å². The van der Waals surface area contributed by atoms with Crippen molar-refractivity contribution < 1.29 is 20.4 Å². The van der Waals surface area contributed by atoms with Gasteiger partial charge in [0, 0.05) is 0 Å². The summed E-state index contributed by atoms with van der Waals surface area (Å²) >= 11 is -1.66. The Labute approximate surface area is 179 Å². The van der Waals surface area contributed by atoms with Gasteiger partial charge in [0.2, 0.25) is 0 Å². The third kappa shape index (κ3) is 3.86. The maximum absolute atomic E-state index is 2.57. The summed E-state index contributed by atoms with van der Waals surface area (Å²) in [6.07, 6.45) is 13.3. The van der Waals surface area contributed by atoms with E-state index in [1.54, 1.807) is 5.56 Å². The van der Waals surface area contributed by atoms with Gasteiger partial charge in [0.1, 0.15) is 0 Å². The van der Waals surface area contributed by atoms with Crippen LogP contribution in [0.2, 0.25) is 32.7 Å². The van der Waals surface area contributed by atoms with Crippen LogP contribution >= 0.6 is 0 Å². The number of rotatable bonds is 4. The van der Waals surface area contributed by atoms with Gasteiger partial charge in [0.25, 0.3) is 0 Å². The van der Waals surface area contributed by atoms with Crippen LogP contribution in [0.5, 0.6) is 0 Å². The molecule has 1 atom stereocenters. The molecule has 0 aromatic heterocycles. The van der Waals surface area contributed by atoms with Gasteiger partial charge in [-0.05, 0) is 0 Å². The molecule has 1 unspecified atom stereocenters. The SMILES string of the molecule is C[Si](C)=[Zr]([C]1=CC=CC1)[CH]1C=Cc2c(-c3ccc([Si](C)(C)C)cc3)cccc21. The van der Waals surface area contributed by atoms with E-state index in [4.69, 9.17) is 0 Å². The van der Waals surface area contributed by atoms with E-state index < -0.39 is 28.4 Å². The van der Waals surface area contributed by atoms with Crippen molar-refractivity contribution in [2.24, 2.45) is 0 Å². The summed E-state index contributed by atoms with van der Waals surface area (Å²) in [4.78, 5) is 0. The van der Waals surface area contributed by atoms with Crippen LogP contribution < -0.4 is 5.19 Å². The Hall–Kier alpha value is -1.02. The zero-order chi connectivity index (χ0) is 19.9. The molecule has 2 aliphatic carbocycles. The Morgan fingerprint density at radius 1 is 1.00 bits per heavy atom. The molecule has 0 radical (unpaired) electrons. The zero-order valence-electron chi connectivity index (χ0n) is 17.7. The van der Waals surface area contributed by atoms with Crippen molar-refractivity contribution in [3.63, 3.8) is 0 Å². The average molecular weight is 478 g/mol. The second-order valence-corrected chi connectivity index (χ2v) is 32.0. The van der Waals surface area contributed by atoms with Crippen LogP contribution in [-0.4, -0.2) is 13.5 Å². The van der Waals surface area contributed by atoms with Crippen LogP contribution in [0, 0.1) is 0 Å². The van der Waals surface area contributed by atoms with Crippen molar-refractivity contribution in [2.45, 2.75) is 42.8 Å². The Morgan fingerprint density at radius 3 is 2.36 bits per heavy atom. The van der Waals surface area contributed by atoms with Gasteiger partial charge < -0.3 is 0 Å². The van der Waals surface area contributed by atoms with Gasteiger partial charge in [-0.2, -0.15) is 0 Å². The molecule has 0 aliphatic heterocycles. The van der Waals surface area contributed by atoms with E-state index >= 15 is 0 Å². The summed E-state index contributed by atoms with van der Waals surface area (Å²) in [6, 6.07) is 16.5. The van der Waals surface area contributed by atoms with Gasteiger partial charge >= 0.3 is 180 Å². The van der Waals surface area contributed by atoms with E-state index in [0.717, 1.165) is 3.63 Å². The second kappa shape index (κ2) is 8.01. The number of allylic oxidation sites excluding steroid dienone is 5. The third-order valence-corrected chi connectivity index (χ3v) is 26.2. The fourth-order valence-corrected chi connectivity index (χ4v) is 23.4. The second-order valence-electron chi connectivity index (χ2n) is 9.21. The quantitative estimate of drug-likeness (QED) is 0.431. The first-order valence-electron chi connectivity index (χ1n) is 10.3. The van der Waals surface area contributed by atoms with Crippen LogP contribution in [0.3, 0.4) is 0 Å².